The molecule has 2 atom stereocenters. The number of allylic oxidation sites excluding steroid dienone is 2. The van der Waals surface area contributed by atoms with Crippen LogP contribution < -0.4 is 0 Å². The van der Waals surface area contributed by atoms with E-state index in [-0.39, 0.29) is 17.8 Å². The highest BCUT2D eigenvalue weighted by atomic mass is 16.5. The molecule has 0 heterocycles. The summed E-state index contributed by atoms with van der Waals surface area (Å²) in [4.78, 5) is 23.2. The third kappa shape index (κ3) is 4.33. The van der Waals surface area contributed by atoms with Crippen molar-refractivity contribution in [1.82, 2.24) is 0 Å². The molecule has 0 aromatic rings. The lowest BCUT2D eigenvalue weighted by Crippen LogP contribution is -2.18. The number of Topliss-reactive ketones (excluding diaryl/α,β-unsaturated/α-hetero) is 1. The van der Waals surface area contributed by atoms with Crippen LogP contribution in [0, 0.1) is 11.8 Å². The van der Waals surface area contributed by atoms with E-state index in [9.17, 15) is 9.59 Å². The number of hydrogen-bond donors (Lipinski definition) is 0. The summed E-state index contributed by atoms with van der Waals surface area (Å²) in [5.41, 5.74) is 0. The highest BCUT2D eigenvalue weighted by Crippen LogP contribution is 2.34. The van der Waals surface area contributed by atoms with Gasteiger partial charge < -0.3 is 4.74 Å². The summed E-state index contributed by atoms with van der Waals surface area (Å²) >= 11 is 0. The lowest BCUT2D eigenvalue weighted by atomic mass is 9.89. The van der Waals surface area contributed by atoms with Crippen LogP contribution in [0.5, 0.6) is 0 Å². The van der Waals surface area contributed by atoms with Crippen LogP contribution in [0.4, 0.5) is 0 Å². The molecule has 0 bridgehead atoms. The van der Waals surface area contributed by atoms with Gasteiger partial charge in [-0.25, -0.2) is 0 Å². The molecule has 0 aliphatic heterocycles. The predicted octanol–water partition coefficient (Wildman–Crippen LogP) is 2.89. The van der Waals surface area contributed by atoms with E-state index in [1.165, 1.54) is 0 Å². The Labute approximate surface area is 103 Å². The zero-order valence-electron chi connectivity index (χ0n) is 10.8. The van der Waals surface area contributed by atoms with E-state index in [0.717, 1.165) is 19.3 Å². The highest BCUT2D eigenvalue weighted by Gasteiger charge is 2.35. The number of ether oxygens (including phenoxy) is 1. The molecular weight excluding hydrogens is 216 g/mol. The Morgan fingerprint density at radius 1 is 1.41 bits per heavy atom. The van der Waals surface area contributed by atoms with Gasteiger partial charge in [-0.1, -0.05) is 19.1 Å². The molecule has 1 rings (SSSR count). The van der Waals surface area contributed by atoms with Crippen LogP contribution in [-0.2, 0) is 14.3 Å². The van der Waals surface area contributed by atoms with Crippen LogP contribution in [0.25, 0.3) is 0 Å². The molecule has 3 nitrogen and oxygen atoms in total. The van der Waals surface area contributed by atoms with Gasteiger partial charge >= 0.3 is 5.97 Å². The first-order chi connectivity index (χ1) is 8.19. The summed E-state index contributed by atoms with van der Waals surface area (Å²) in [7, 11) is 0. The molecule has 0 aromatic heterocycles. The van der Waals surface area contributed by atoms with Gasteiger partial charge in [-0.05, 0) is 32.1 Å². The average Bonchev–Trinajstić information content (AvgIpc) is 2.62. The second-order valence-electron chi connectivity index (χ2n) is 4.50. The van der Waals surface area contributed by atoms with Crippen molar-refractivity contribution in [2.75, 3.05) is 6.61 Å². The Kier molecular flexibility index (Phi) is 5.95. The molecule has 0 aromatic carbocycles. The van der Waals surface area contributed by atoms with E-state index < -0.39 is 0 Å². The second-order valence-corrected chi connectivity index (χ2v) is 4.50. The fourth-order valence-electron chi connectivity index (χ4n) is 2.39. The number of ketones is 1. The van der Waals surface area contributed by atoms with Gasteiger partial charge in [0.25, 0.3) is 0 Å². The van der Waals surface area contributed by atoms with Crippen molar-refractivity contribution >= 4 is 11.8 Å². The molecule has 0 spiro atoms. The molecule has 0 saturated heterocycles. The maximum absolute atomic E-state index is 11.7. The van der Waals surface area contributed by atoms with E-state index in [4.69, 9.17) is 4.74 Å². The van der Waals surface area contributed by atoms with Crippen LogP contribution in [-0.4, -0.2) is 18.4 Å². The van der Waals surface area contributed by atoms with E-state index >= 15 is 0 Å². The van der Waals surface area contributed by atoms with Crippen LogP contribution in [0.2, 0.25) is 0 Å². The van der Waals surface area contributed by atoms with Crippen molar-refractivity contribution in [3.63, 3.8) is 0 Å². The molecule has 1 aliphatic carbocycles. The molecule has 1 fully saturated rings. The normalized spacial score (nSPS) is 24.5. The Hall–Kier alpha value is -1.12. The summed E-state index contributed by atoms with van der Waals surface area (Å²) in [6.07, 6.45) is 7.75. The summed E-state index contributed by atoms with van der Waals surface area (Å²) in [6, 6.07) is 0. The molecule has 0 N–H and O–H groups in total. The zero-order chi connectivity index (χ0) is 12.7. The van der Waals surface area contributed by atoms with Gasteiger partial charge in [-0.15, -0.1) is 0 Å². The minimum Gasteiger partial charge on any atom is -0.466 e. The van der Waals surface area contributed by atoms with Gasteiger partial charge in [0.15, 0.2) is 0 Å². The predicted molar refractivity (Wildman–Crippen MR) is 66.5 cm³/mol. The van der Waals surface area contributed by atoms with Crippen LogP contribution >= 0.6 is 0 Å². The smallest absolute Gasteiger partial charge is 0.306 e. The largest absolute Gasteiger partial charge is 0.466 e. The van der Waals surface area contributed by atoms with Gasteiger partial charge in [0, 0.05) is 18.8 Å². The molecular formula is C14H22O3. The molecule has 96 valence electrons. The van der Waals surface area contributed by atoms with E-state index in [2.05, 4.69) is 19.1 Å². The number of esters is 1. The van der Waals surface area contributed by atoms with Crippen LogP contribution in [0.1, 0.15) is 46.0 Å². The summed E-state index contributed by atoms with van der Waals surface area (Å²) in [6.45, 7) is 4.29. The first-order valence-corrected chi connectivity index (χ1v) is 6.52. The van der Waals surface area contributed by atoms with Gasteiger partial charge in [0.1, 0.15) is 5.78 Å². The monoisotopic (exact) mass is 238 g/mol. The van der Waals surface area contributed by atoms with Gasteiger partial charge in [0.2, 0.25) is 0 Å². The van der Waals surface area contributed by atoms with Gasteiger partial charge in [0.05, 0.1) is 6.61 Å². The summed E-state index contributed by atoms with van der Waals surface area (Å²) in [5.74, 6) is 0.349. The lowest BCUT2D eigenvalue weighted by Gasteiger charge is -2.15. The van der Waals surface area contributed by atoms with Crippen molar-refractivity contribution in [3.8, 4) is 0 Å². The average molecular weight is 238 g/mol. The number of rotatable bonds is 6. The maximum Gasteiger partial charge on any atom is 0.306 e. The van der Waals surface area contributed by atoms with Crippen LogP contribution in [0.3, 0.4) is 0 Å². The van der Waals surface area contributed by atoms with Crippen molar-refractivity contribution in [2.45, 2.75) is 46.0 Å². The van der Waals surface area contributed by atoms with Crippen molar-refractivity contribution in [3.05, 3.63) is 12.2 Å². The standard InChI is InChI=1S/C14H22O3/c1-3-5-6-7-12-11(8-9-13(12)15)10-14(16)17-4-2/h5-6,11-12H,3-4,7-10H2,1-2H3/b6-5-/t11-,12+/m0/s1. The quantitative estimate of drug-likeness (QED) is 0.528. The Bertz CT molecular complexity index is 294. The molecule has 1 aliphatic rings. The third-order valence-corrected chi connectivity index (χ3v) is 3.27. The lowest BCUT2D eigenvalue weighted by molar-refractivity contribution is -0.144. The second kappa shape index (κ2) is 7.25. The topological polar surface area (TPSA) is 43.4 Å². The third-order valence-electron chi connectivity index (χ3n) is 3.27. The van der Waals surface area contributed by atoms with E-state index in [0.29, 0.717) is 25.2 Å². The zero-order valence-corrected chi connectivity index (χ0v) is 10.8. The molecule has 3 heteroatoms. The fraction of sp³-hybridized carbons (Fsp3) is 0.714. The van der Waals surface area contributed by atoms with E-state index in [1.54, 1.807) is 6.92 Å². The van der Waals surface area contributed by atoms with Gasteiger partial charge in [-0.2, -0.15) is 0 Å². The number of carbonyl (C=O) groups is 2. The summed E-state index contributed by atoms with van der Waals surface area (Å²) in [5, 5.41) is 0. The minimum atomic E-state index is -0.170. The molecule has 0 unspecified atom stereocenters. The Morgan fingerprint density at radius 3 is 2.82 bits per heavy atom. The molecule has 1 saturated carbocycles. The first kappa shape index (κ1) is 13.9. The SMILES string of the molecule is CC/C=C\C[C@H]1C(=O)CC[C@H]1CC(=O)OCC. The minimum absolute atomic E-state index is 0.0298. The summed E-state index contributed by atoms with van der Waals surface area (Å²) < 4.78 is 4.94. The van der Waals surface area contributed by atoms with Crippen LogP contribution in [0.15, 0.2) is 12.2 Å². The van der Waals surface area contributed by atoms with Gasteiger partial charge in [-0.3, -0.25) is 9.59 Å². The van der Waals surface area contributed by atoms with Crippen molar-refractivity contribution in [1.29, 1.82) is 0 Å². The fourth-order valence-corrected chi connectivity index (χ4v) is 2.39. The first-order valence-electron chi connectivity index (χ1n) is 6.52. The molecule has 0 amide bonds. The molecule has 17 heavy (non-hydrogen) atoms. The molecule has 0 radical (unpaired) electrons. The number of carbonyl (C=O) groups excluding carboxylic acids is 2. The Morgan fingerprint density at radius 2 is 2.18 bits per heavy atom. The van der Waals surface area contributed by atoms with E-state index in [1.807, 2.05) is 0 Å². The number of hydrogen-bond acceptors (Lipinski definition) is 3. The highest BCUT2D eigenvalue weighted by molar-refractivity contribution is 5.84. The van der Waals surface area contributed by atoms with Crippen molar-refractivity contribution < 1.29 is 14.3 Å². The Balaban J connectivity index is 2.49. The maximum atomic E-state index is 11.7. The van der Waals surface area contributed by atoms with Crippen molar-refractivity contribution in [2.24, 2.45) is 11.8 Å².